The molecule has 0 fully saturated rings. The Balaban J connectivity index is 0.00000196. The topological polar surface area (TPSA) is 100 Å². The Morgan fingerprint density at radius 1 is 1.18 bits per heavy atom. The summed E-state index contributed by atoms with van der Waals surface area (Å²) in [5, 5.41) is 15.8. The van der Waals surface area contributed by atoms with Gasteiger partial charge >= 0.3 is 5.97 Å². The smallest absolute Gasteiger partial charge is 0.304 e. The third-order valence-corrected chi connectivity index (χ3v) is 4.54. The van der Waals surface area contributed by atoms with Crippen LogP contribution in [-0.4, -0.2) is 32.6 Å². The maximum absolute atomic E-state index is 10.5. The van der Waals surface area contributed by atoms with Gasteiger partial charge < -0.3 is 15.7 Å². The Hall–Kier alpha value is -2.26. The zero-order valence-corrected chi connectivity index (χ0v) is 17.5. The number of aliphatic carboxylic acids is 1. The average molecular weight is 442 g/mol. The second kappa shape index (κ2) is 11.6. The van der Waals surface area contributed by atoms with Gasteiger partial charge in [-0.3, -0.25) is 4.79 Å². The zero-order chi connectivity index (χ0) is 18.4. The minimum absolute atomic E-state index is 0. The van der Waals surface area contributed by atoms with Crippen LogP contribution in [0, 0.1) is 6.92 Å². The summed E-state index contributed by atoms with van der Waals surface area (Å²) in [6, 6.07) is 9.66. The first-order chi connectivity index (χ1) is 12.6. The number of hydrogen-bond acceptors (Lipinski definition) is 7. The van der Waals surface area contributed by atoms with Gasteiger partial charge in [-0.25, -0.2) is 15.0 Å². The number of halogens is 2. The van der Waals surface area contributed by atoms with Gasteiger partial charge in [-0.15, -0.1) is 36.2 Å². The molecule has 3 heterocycles. The molecule has 7 nitrogen and oxygen atoms in total. The van der Waals surface area contributed by atoms with Crippen LogP contribution in [0.25, 0.3) is 10.6 Å². The van der Waals surface area contributed by atoms with Crippen LogP contribution in [0.5, 0.6) is 0 Å². The summed E-state index contributed by atoms with van der Waals surface area (Å²) < 4.78 is 0. The number of carbonyl (C=O) groups is 1. The molecule has 0 radical (unpaired) electrons. The Bertz CT molecular complexity index is 907. The van der Waals surface area contributed by atoms with Crippen molar-refractivity contribution in [2.45, 2.75) is 19.9 Å². The minimum Gasteiger partial charge on any atom is -0.481 e. The monoisotopic (exact) mass is 441 g/mol. The highest BCUT2D eigenvalue weighted by Crippen LogP contribution is 2.26. The van der Waals surface area contributed by atoms with Crippen LogP contribution in [0.2, 0.25) is 0 Å². The normalized spacial score (nSPS) is 9.89. The van der Waals surface area contributed by atoms with Gasteiger partial charge in [-0.2, -0.15) is 0 Å². The molecule has 10 heteroatoms. The SMILES string of the molecule is Cc1ccnc(Nc2cccc(-c3cnc(CNCCC(=O)O)s3)n2)c1.Cl.Cl. The lowest BCUT2D eigenvalue weighted by atomic mass is 10.3. The van der Waals surface area contributed by atoms with E-state index in [1.165, 1.54) is 11.3 Å². The number of thiazole rings is 1. The third kappa shape index (κ3) is 7.05. The van der Waals surface area contributed by atoms with Crippen molar-refractivity contribution in [3.63, 3.8) is 0 Å². The summed E-state index contributed by atoms with van der Waals surface area (Å²) in [5.41, 5.74) is 1.96. The van der Waals surface area contributed by atoms with E-state index in [2.05, 4.69) is 25.6 Å². The number of anilines is 2. The lowest BCUT2D eigenvalue weighted by Crippen LogP contribution is -2.17. The van der Waals surface area contributed by atoms with Crippen LogP contribution >= 0.6 is 36.2 Å². The lowest BCUT2D eigenvalue weighted by molar-refractivity contribution is -0.136. The molecular weight excluding hydrogens is 421 g/mol. The first kappa shape index (κ1) is 23.8. The van der Waals surface area contributed by atoms with Gasteiger partial charge in [0.2, 0.25) is 0 Å². The molecular formula is C18H21Cl2N5O2S. The van der Waals surface area contributed by atoms with Crippen molar-refractivity contribution in [3.8, 4) is 10.6 Å². The number of rotatable bonds is 8. The Labute approximate surface area is 179 Å². The number of aromatic nitrogens is 3. The van der Waals surface area contributed by atoms with Crippen LogP contribution in [0.1, 0.15) is 17.0 Å². The molecule has 0 saturated carbocycles. The molecule has 0 saturated heterocycles. The number of nitrogens with zero attached hydrogens (tertiary/aromatic N) is 3. The number of pyridine rings is 2. The Morgan fingerprint density at radius 3 is 2.75 bits per heavy atom. The van der Waals surface area contributed by atoms with E-state index in [1.807, 2.05) is 37.3 Å². The van der Waals surface area contributed by atoms with Gasteiger partial charge in [0.15, 0.2) is 0 Å². The number of aryl methyl sites for hydroxylation is 1. The molecule has 0 bridgehead atoms. The van der Waals surface area contributed by atoms with E-state index in [0.29, 0.717) is 13.1 Å². The number of carboxylic acids is 1. The van der Waals surface area contributed by atoms with E-state index < -0.39 is 5.97 Å². The second-order valence-corrected chi connectivity index (χ2v) is 6.81. The number of hydrogen-bond donors (Lipinski definition) is 3. The van der Waals surface area contributed by atoms with Crippen molar-refractivity contribution in [2.24, 2.45) is 0 Å². The van der Waals surface area contributed by atoms with E-state index in [1.54, 1.807) is 12.4 Å². The summed E-state index contributed by atoms with van der Waals surface area (Å²) in [5.74, 6) is 0.659. The molecule has 0 aliphatic heterocycles. The summed E-state index contributed by atoms with van der Waals surface area (Å²) in [4.78, 5) is 24.7. The fraction of sp³-hybridized carbons (Fsp3) is 0.222. The highest BCUT2D eigenvalue weighted by Gasteiger charge is 2.07. The molecule has 0 spiro atoms. The third-order valence-electron chi connectivity index (χ3n) is 3.52. The van der Waals surface area contributed by atoms with Crippen LogP contribution in [-0.2, 0) is 11.3 Å². The first-order valence-corrected chi connectivity index (χ1v) is 8.96. The largest absolute Gasteiger partial charge is 0.481 e. The standard InChI is InChI=1S/C18H19N5O2S.2ClH/c1-12-5-8-20-16(9-12)23-15-4-2-3-13(22-15)14-10-21-17(26-14)11-19-7-6-18(24)25;;/h2-5,8-10,19H,6-7,11H2,1H3,(H,24,25)(H,20,22,23);2*1H. The predicted molar refractivity (Wildman–Crippen MR) is 116 cm³/mol. The van der Waals surface area contributed by atoms with Crippen molar-refractivity contribution in [3.05, 3.63) is 53.3 Å². The summed E-state index contributed by atoms with van der Waals surface area (Å²) in [6.45, 7) is 2.98. The highest BCUT2D eigenvalue weighted by molar-refractivity contribution is 7.15. The minimum atomic E-state index is -0.811. The van der Waals surface area contributed by atoms with Crippen LogP contribution < -0.4 is 10.6 Å². The maximum Gasteiger partial charge on any atom is 0.304 e. The average Bonchev–Trinajstić information content (AvgIpc) is 3.08. The van der Waals surface area contributed by atoms with Crippen molar-refractivity contribution in [1.29, 1.82) is 0 Å². The van der Waals surface area contributed by atoms with Crippen LogP contribution in [0.15, 0.2) is 42.7 Å². The number of nitrogens with one attached hydrogen (secondary N) is 2. The molecule has 3 aromatic rings. The summed E-state index contributed by atoms with van der Waals surface area (Å²) >= 11 is 1.54. The van der Waals surface area contributed by atoms with Gasteiger partial charge in [-0.1, -0.05) is 6.07 Å². The molecule has 0 unspecified atom stereocenters. The molecule has 3 rings (SSSR count). The van der Waals surface area contributed by atoms with Crippen LogP contribution in [0.4, 0.5) is 11.6 Å². The predicted octanol–water partition coefficient (Wildman–Crippen LogP) is 4.06. The fourth-order valence-electron chi connectivity index (χ4n) is 2.28. The van der Waals surface area contributed by atoms with Gasteiger partial charge in [0.05, 0.1) is 17.0 Å². The molecule has 0 aliphatic carbocycles. The Kier molecular flexibility index (Phi) is 9.81. The van der Waals surface area contributed by atoms with E-state index in [-0.39, 0.29) is 31.2 Å². The van der Waals surface area contributed by atoms with E-state index in [9.17, 15) is 4.79 Å². The first-order valence-electron chi connectivity index (χ1n) is 8.14. The van der Waals surface area contributed by atoms with Gasteiger partial charge in [-0.05, 0) is 36.8 Å². The second-order valence-electron chi connectivity index (χ2n) is 5.69. The molecule has 0 amide bonds. The quantitative estimate of drug-likeness (QED) is 0.453. The molecule has 150 valence electrons. The highest BCUT2D eigenvalue weighted by atomic mass is 35.5. The van der Waals surface area contributed by atoms with Crippen molar-refractivity contribution >= 4 is 53.8 Å². The molecule has 3 N–H and O–H groups in total. The fourth-order valence-corrected chi connectivity index (χ4v) is 3.14. The van der Waals surface area contributed by atoms with Crippen molar-refractivity contribution in [1.82, 2.24) is 20.3 Å². The number of carboxylic acid groups (broad SMARTS) is 1. The van der Waals surface area contributed by atoms with Crippen molar-refractivity contribution in [2.75, 3.05) is 11.9 Å². The zero-order valence-electron chi connectivity index (χ0n) is 15.1. The van der Waals surface area contributed by atoms with Gasteiger partial charge in [0.1, 0.15) is 16.6 Å². The maximum atomic E-state index is 10.5. The molecule has 0 aliphatic rings. The summed E-state index contributed by atoms with van der Waals surface area (Å²) in [7, 11) is 0. The Morgan fingerprint density at radius 2 is 2.00 bits per heavy atom. The van der Waals surface area contributed by atoms with Crippen LogP contribution in [0.3, 0.4) is 0 Å². The van der Waals surface area contributed by atoms with E-state index in [4.69, 9.17) is 5.11 Å². The van der Waals surface area contributed by atoms with E-state index >= 15 is 0 Å². The molecule has 3 aromatic heterocycles. The summed E-state index contributed by atoms with van der Waals surface area (Å²) in [6.07, 6.45) is 3.64. The van der Waals surface area contributed by atoms with Crippen molar-refractivity contribution < 1.29 is 9.90 Å². The van der Waals surface area contributed by atoms with Gasteiger partial charge in [0, 0.05) is 25.5 Å². The molecule has 0 aromatic carbocycles. The lowest BCUT2D eigenvalue weighted by Gasteiger charge is -2.06. The van der Waals surface area contributed by atoms with E-state index in [0.717, 1.165) is 32.8 Å². The van der Waals surface area contributed by atoms with Gasteiger partial charge in [0.25, 0.3) is 0 Å². The molecule has 0 atom stereocenters. The molecule has 28 heavy (non-hydrogen) atoms.